The first-order chi connectivity index (χ1) is 16.3. The van der Waals surface area contributed by atoms with E-state index in [2.05, 4.69) is 48.3 Å². The lowest BCUT2D eigenvalue weighted by molar-refractivity contribution is 0.812. The van der Waals surface area contributed by atoms with Crippen molar-refractivity contribution >= 4 is 83.0 Å². The fourth-order valence-electron chi connectivity index (χ4n) is 1.09. The first kappa shape index (κ1) is 29.5. The van der Waals surface area contributed by atoms with Crippen LogP contribution in [-0.4, -0.2) is 78.9 Å². The second kappa shape index (κ2) is 23.6. The van der Waals surface area contributed by atoms with Gasteiger partial charge in [-0.1, -0.05) is 23.5 Å². The maximum Gasteiger partial charge on any atom is 0.228 e. The molecule has 2 aromatic heterocycles. The molecule has 0 amide bonds. The Kier molecular flexibility index (Phi) is 21.7. The molecular formula is C14H30Cl2N12S4. The fourth-order valence-corrected chi connectivity index (χ4v) is 2.72. The molecule has 2 aromatic rings. The van der Waals surface area contributed by atoms with Crippen LogP contribution >= 0.6 is 71.1 Å². The number of anilines is 2. The highest BCUT2D eigenvalue weighted by atomic mass is 35.5. The van der Waals surface area contributed by atoms with Gasteiger partial charge < -0.3 is 34.4 Å². The van der Waals surface area contributed by atoms with E-state index in [4.69, 9.17) is 49.0 Å². The van der Waals surface area contributed by atoms with Crippen molar-refractivity contribution in [2.75, 3.05) is 60.5 Å². The lowest BCUT2D eigenvalue weighted by atomic mass is 10.8. The zero-order chi connectivity index (χ0) is 26.2. The summed E-state index contributed by atoms with van der Waals surface area (Å²) in [5.74, 6) is 3.28. The van der Waals surface area contributed by atoms with Crippen LogP contribution < -0.4 is 34.4 Å². The molecule has 0 unspecified atom stereocenters. The van der Waals surface area contributed by atoms with Crippen LogP contribution in [0.4, 0.5) is 11.9 Å². The van der Waals surface area contributed by atoms with Gasteiger partial charge in [0, 0.05) is 42.8 Å². The zero-order valence-electron chi connectivity index (χ0n) is 19.4. The van der Waals surface area contributed by atoms with Gasteiger partial charge in [-0.2, -0.15) is 54.3 Å². The minimum atomic E-state index is -0.0326. The van der Waals surface area contributed by atoms with Crippen LogP contribution in [0.15, 0.2) is 10.3 Å². The average molecular weight is 568 g/mol. The molecule has 2 heterocycles. The van der Waals surface area contributed by atoms with E-state index < -0.39 is 0 Å². The largest absolute Gasteiger partial charge is 0.368 e. The Balaban J connectivity index is 0. The van der Waals surface area contributed by atoms with Crippen LogP contribution in [0.1, 0.15) is 0 Å². The highest BCUT2D eigenvalue weighted by Gasteiger charge is 2.04. The summed E-state index contributed by atoms with van der Waals surface area (Å²) in [6, 6.07) is 0. The van der Waals surface area contributed by atoms with E-state index >= 15 is 0 Å². The van der Waals surface area contributed by atoms with Crippen LogP contribution in [0.25, 0.3) is 0 Å². The molecule has 2 rings (SSSR count). The van der Waals surface area contributed by atoms with Crippen molar-refractivity contribution in [2.45, 2.75) is 10.3 Å². The standard InChI is InChI=1S/C7H14N6S2.C3H2Cl2N4.2C2H7NS/c8-1-3-14-6-11-5(10)12-7(13-6)15-4-2-9;4-1-7-2(5)9-3(6)8-1;1-4-2-3;3-1-2-4/h1-4,8-9H2,(H2,10,11,12,13);(H2,6,7,8,9);2-3H2,1H3;4H,1-3H2/i/hD2. The minimum Gasteiger partial charge on any atom is -0.368 e. The SMILES string of the molecule is CSCN.NCCS.[2H]Nc1nc(Cl)nc(Cl)n1.[2H]Nc1nc(SCCN)nc(SCCN)n1. The predicted octanol–water partition coefficient (Wildman–Crippen LogP) is 0.457. The third-order valence-corrected chi connectivity index (χ3v) is 4.86. The van der Waals surface area contributed by atoms with Gasteiger partial charge in [-0.3, -0.25) is 0 Å². The summed E-state index contributed by atoms with van der Waals surface area (Å²) < 4.78 is 13.6. The Morgan fingerprint density at radius 1 is 0.781 bits per heavy atom. The number of thiol groups is 1. The molecule has 0 saturated carbocycles. The molecule has 0 radical (unpaired) electrons. The molecule has 0 aliphatic rings. The Hall–Kier alpha value is -0.560. The summed E-state index contributed by atoms with van der Waals surface area (Å²) in [5, 5.41) is 1.09. The van der Waals surface area contributed by atoms with E-state index in [0.717, 1.165) is 23.1 Å². The molecule has 0 aliphatic carbocycles. The van der Waals surface area contributed by atoms with Crippen LogP contribution in [0.5, 0.6) is 0 Å². The topological polar surface area (TPSA) is 233 Å². The summed E-state index contributed by atoms with van der Waals surface area (Å²) in [7, 11) is 0. The van der Waals surface area contributed by atoms with Gasteiger partial charge in [0.1, 0.15) is 0 Å². The molecule has 18 heteroatoms. The monoisotopic (exact) mass is 566 g/mol. The molecule has 0 bridgehead atoms. The molecule has 0 aliphatic heterocycles. The van der Waals surface area contributed by atoms with Crippen molar-refractivity contribution in [3.63, 3.8) is 0 Å². The molecular weight excluding hydrogens is 535 g/mol. The van der Waals surface area contributed by atoms with Gasteiger partial charge in [0.05, 0.1) is 0 Å². The van der Waals surface area contributed by atoms with Crippen LogP contribution in [0.2, 0.25) is 13.4 Å². The number of aromatic nitrogens is 6. The normalized spacial score (nSPS) is 10.1. The van der Waals surface area contributed by atoms with Crippen molar-refractivity contribution in [3.8, 4) is 0 Å². The summed E-state index contributed by atoms with van der Waals surface area (Å²) >= 11 is 19.0. The van der Waals surface area contributed by atoms with Gasteiger partial charge in [0.15, 0.2) is 13.1 Å². The number of halogens is 2. The maximum atomic E-state index is 7.02. The average Bonchev–Trinajstić information content (AvgIpc) is 2.86. The number of hydrogen-bond donors (Lipinski definition) is 7. The Morgan fingerprint density at radius 2 is 1.19 bits per heavy atom. The summed E-state index contributed by atoms with van der Waals surface area (Å²) in [5.41, 5.74) is 24.8. The third kappa shape index (κ3) is 21.3. The number of nitrogens with two attached hydrogens (primary N) is 6. The number of rotatable bonds is 10. The lowest BCUT2D eigenvalue weighted by Crippen LogP contribution is -2.06. The van der Waals surface area contributed by atoms with Gasteiger partial charge in [-0.15, -0.1) is 0 Å². The summed E-state index contributed by atoms with van der Waals surface area (Å²) in [6.45, 7) is 1.81. The molecule has 12 N–H and O–H groups in total. The molecule has 0 saturated heterocycles. The third-order valence-electron chi connectivity index (χ3n) is 2.17. The van der Waals surface area contributed by atoms with Crippen LogP contribution in [0.3, 0.4) is 0 Å². The molecule has 12 nitrogen and oxygen atoms in total. The summed E-state index contributed by atoms with van der Waals surface area (Å²) in [4.78, 5) is 22.8. The summed E-state index contributed by atoms with van der Waals surface area (Å²) in [6.07, 6.45) is 1.97. The van der Waals surface area contributed by atoms with Crippen LogP contribution in [0, 0.1) is 0 Å². The second-order valence-electron chi connectivity index (χ2n) is 4.66. The molecule has 32 heavy (non-hydrogen) atoms. The van der Waals surface area contributed by atoms with E-state index in [9.17, 15) is 0 Å². The second-order valence-corrected chi connectivity index (χ2v) is 8.82. The molecule has 0 aromatic carbocycles. The van der Waals surface area contributed by atoms with Crippen molar-refractivity contribution < 1.29 is 2.82 Å². The van der Waals surface area contributed by atoms with E-state index in [1.54, 1.807) is 11.8 Å². The molecule has 0 spiro atoms. The number of nitrogen functional groups attached to an aromatic ring is 2. The number of nitrogens with zero attached hydrogens (tertiary/aromatic N) is 6. The minimum absolute atomic E-state index is 0.0324. The van der Waals surface area contributed by atoms with Gasteiger partial charge >= 0.3 is 0 Å². The smallest absolute Gasteiger partial charge is 0.228 e. The number of hydrogen-bond acceptors (Lipinski definition) is 16. The highest BCUT2D eigenvalue weighted by molar-refractivity contribution is 7.99. The quantitative estimate of drug-likeness (QED) is 0.117. The van der Waals surface area contributed by atoms with Crippen molar-refractivity contribution in [1.29, 1.82) is 0 Å². The Bertz CT molecular complexity index is 705. The van der Waals surface area contributed by atoms with E-state index in [1.165, 1.54) is 23.5 Å². The lowest BCUT2D eigenvalue weighted by Gasteiger charge is -2.02. The van der Waals surface area contributed by atoms with Gasteiger partial charge in [0.25, 0.3) is 0 Å². The van der Waals surface area contributed by atoms with Crippen molar-refractivity contribution in [1.82, 2.24) is 29.9 Å². The van der Waals surface area contributed by atoms with Crippen molar-refractivity contribution in [3.05, 3.63) is 10.6 Å². The highest BCUT2D eigenvalue weighted by Crippen LogP contribution is 2.18. The molecule has 184 valence electrons. The van der Waals surface area contributed by atoms with Gasteiger partial charge in [0.2, 0.25) is 22.5 Å². The molecule has 0 fully saturated rings. The van der Waals surface area contributed by atoms with Gasteiger partial charge in [-0.25, -0.2) is 0 Å². The Labute approximate surface area is 219 Å². The van der Waals surface area contributed by atoms with Crippen LogP contribution in [-0.2, 0) is 0 Å². The molecule has 0 atom stereocenters. The first-order valence-electron chi connectivity index (χ1n) is 9.69. The maximum absolute atomic E-state index is 7.02. The van der Waals surface area contributed by atoms with E-state index in [1.807, 2.05) is 12.0 Å². The van der Waals surface area contributed by atoms with E-state index in [0.29, 0.717) is 29.9 Å². The zero-order valence-corrected chi connectivity index (χ0v) is 22.2. The van der Waals surface area contributed by atoms with Crippen molar-refractivity contribution in [2.24, 2.45) is 22.9 Å². The predicted molar refractivity (Wildman–Crippen MR) is 144 cm³/mol. The number of thioether (sulfide) groups is 3. The fraction of sp³-hybridized carbons (Fsp3) is 0.571. The van der Waals surface area contributed by atoms with E-state index in [-0.39, 0.29) is 22.5 Å². The first-order valence-corrected chi connectivity index (χ1v) is 13.4. The van der Waals surface area contributed by atoms with Gasteiger partial charge in [-0.05, 0) is 29.5 Å². The Morgan fingerprint density at radius 3 is 1.50 bits per heavy atom.